The van der Waals surface area contributed by atoms with Gasteiger partial charge >= 0.3 is 0 Å². The summed E-state index contributed by atoms with van der Waals surface area (Å²) in [4.78, 5) is 2.45. The fourth-order valence-corrected chi connectivity index (χ4v) is 3.83. The predicted molar refractivity (Wildman–Crippen MR) is 86.7 cm³/mol. The second kappa shape index (κ2) is 7.28. The molecule has 0 aromatic heterocycles. The summed E-state index contributed by atoms with van der Waals surface area (Å²) >= 11 is 0. The van der Waals surface area contributed by atoms with Crippen LogP contribution >= 0.6 is 0 Å². The smallest absolute Gasteiger partial charge is 0.119 e. The van der Waals surface area contributed by atoms with E-state index in [-0.39, 0.29) is 5.54 Å². The van der Waals surface area contributed by atoms with E-state index in [1.807, 2.05) is 31.2 Å². The molecule has 0 saturated heterocycles. The third-order valence-electron chi connectivity index (χ3n) is 4.88. The molecule has 0 amide bonds. The highest BCUT2D eigenvalue weighted by Gasteiger charge is 2.44. The average Bonchev–Trinajstić information content (AvgIpc) is 3.00. The van der Waals surface area contributed by atoms with Crippen molar-refractivity contribution >= 4 is 0 Å². The Labute approximate surface area is 128 Å². The molecule has 1 saturated carbocycles. The summed E-state index contributed by atoms with van der Waals surface area (Å²) in [6.07, 6.45) is 4.18. The largest absolute Gasteiger partial charge is 0.494 e. The molecule has 1 aromatic carbocycles. The first-order chi connectivity index (χ1) is 10.2. The number of nitrogens with zero attached hydrogens (tertiary/aromatic N) is 1. The van der Waals surface area contributed by atoms with Gasteiger partial charge in [-0.15, -0.1) is 0 Å². The molecular formula is C18H29NO2. The van der Waals surface area contributed by atoms with E-state index in [1.54, 1.807) is 0 Å². The van der Waals surface area contributed by atoms with Crippen molar-refractivity contribution in [2.24, 2.45) is 0 Å². The van der Waals surface area contributed by atoms with Crippen molar-refractivity contribution < 1.29 is 9.84 Å². The molecule has 1 unspecified atom stereocenters. The van der Waals surface area contributed by atoms with Crippen LogP contribution in [0.25, 0.3) is 0 Å². The maximum atomic E-state index is 11.0. The van der Waals surface area contributed by atoms with Crippen molar-refractivity contribution in [3.63, 3.8) is 0 Å². The zero-order chi connectivity index (χ0) is 15.3. The molecule has 0 heterocycles. The highest BCUT2D eigenvalue weighted by Crippen LogP contribution is 2.44. The van der Waals surface area contributed by atoms with Crippen LogP contribution in [0.4, 0.5) is 0 Å². The third-order valence-corrected chi connectivity index (χ3v) is 4.88. The van der Waals surface area contributed by atoms with Crippen LogP contribution in [0.2, 0.25) is 0 Å². The Hall–Kier alpha value is -1.06. The number of aliphatic hydroxyl groups excluding tert-OH is 1. The second-order valence-corrected chi connectivity index (χ2v) is 5.89. The van der Waals surface area contributed by atoms with Gasteiger partial charge in [-0.05, 0) is 50.6 Å². The maximum Gasteiger partial charge on any atom is 0.119 e. The Morgan fingerprint density at radius 1 is 1.10 bits per heavy atom. The van der Waals surface area contributed by atoms with Gasteiger partial charge in [-0.1, -0.05) is 38.8 Å². The highest BCUT2D eigenvalue weighted by molar-refractivity contribution is 5.30. The molecule has 2 rings (SSSR count). The van der Waals surface area contributed by atoms with E-state index in [0.717, 1.165) is 37.2 Å². The number of ether oxygens (including phenoxy) is 1. The lowest BCUT2D eigenvalue weighted by Gasteiger charge is -2.44. The number of aliphatic hydroxyl groups is 1. The van der Waals surface area contributed by atoms with E-state index >= 15 is 0 Å². The van der Waals surface area contributed by atoms with Crippen molar-refractivity contribution in [2.75, 3.05) is 19.7 Å². The lowest BCUT2D eigenvalue weighted by Crippen LogP contribution is -2.51. The second-order valence-electron chi connectivity index (χ2n) is 5.89. The summed E-state index contributed by atoms with van der Waals surface area (Å²) in [5.74, 6) is 0.872. The van der Waals surface area contributed by atoms with Gasteiger partial charge in [0.2, 0.25) is 0 Å². The van der Waals surface area contributed by atoms with Crippen LogP contribution < -0.4 is 4.74 Å². The van der Waals surface area contributed by atoms with Crippen LogP contribution in [-0.2, 0) is 0 Å². The Kier molecular flexibility index (Phi) is 5.65. The van der Waals surface area contributed by atoms with Gasteiger partial charge in [-0.3, -0.25) is 4.90 Å². The topological polar surface area (TPSA) is 32.7 Å². The fourth-order valence-electron chi connectivity index (χ4n) is 3.83. The monoisotopic (exact) mass is 291 g/mol. The molecular weight excluding hydrogens is 262 g/mol. The highest BCUT2D eigenvalue weighted by atomic mass is 16.5. The fraction of sp³-hybridized carbons (Fsp3) is 0.667. The van der Waals surface area contributed by atoms with Crippen LogP contribution in [0.1, 0.15) is 58.1 Å². The standard InChI is InChI=1S/C18H29NO2/c1-4-19(5-2)18(13-7-8-14-18)17(20)15-9-11-16(12-10-15)21-6-3/h9-12,17,20H,4-8,13-14H2,1-3H3. The minimum Gasteiger partial charge on any atom is -0.494 e. The molecule has 0 radical (unpaired) electrons. The molecule has 3 heteroatoms. The van der Waals surface area contributed by atoms with Crippen LogP contribution in [0.5, 0.6) is 5.75 Å². The number of hydrogen-bond acceptors (Lipinski definition) is 3. The first kappa shape index (κ1) is 16.3. The molecule has 21 heavy (non-hydrogen) atoms. The molecule has 1 fully saturated rings. The summed E-state index contributed by atoms with van der Waals surface area (Å²) in [6.45, 7) is 9.01. The van der Waals surface area contributed by atoms with E-state index in [0.29, 0.717) is 6.61 Å². The van der Waals surface area contributed by atoms with E-state index in [2.05, 4.69) is 18.7 Å². The lowest BCUT2D eigenvalue weighted by atomic mass is 9.84. The first-order valence-corrected chi connectivity index (χ1v) is 8.33. The van der Waals surface area contributed by atoms with Crippen LogP contribution in [-0.4, -0.2) is 35.2 Å². The van der Waals surface area contributed by atoms with Gasteiger partial charge in [0.15, 0.2) is 0 Å². The summed E-state index contributed by atoms with van der Waals surface area (Å²) in [5, 5.41) is 11.0. The number of benzene rings is 1. The Bertz CT molecular complexity index is 419. The van der Waals surface area contributed by atoms with Gasteiger partial charge in [0.05, 0.1) is 18.2 Å². The van der Waals surface area contributed by atoms with Crippen molar-refractivity contribution in [3.8, 4) is 5.75 Å². The van der Waals surface area contributed by atoms with Crippen LogP contribution in [0.15, 0.2) is 24.3 Å². The molecule has 118 valence electrons. The van der Waals surface area contributed by atoms with Gasteiger partial charge in [0, 0.05) is 0 Å². The summed E-state index contributed by atoms with van der Waals surface area (Å²) in [5.41, 5.74) is 0.920. The van der Waals surface area contributed by atoms with Gasteiger partial charge < -0.3 is 9.84 Å². The first-order valence-electron chi connectivity index (χ1n) is 8.33. The molecule has 0 bridgehead atoms. The Balaban J connectivity index is 2.23. The summed E-state index contributed by atoms with van der Waals surface area (Å²) in [7, 11) is 0. The Morgan fingerprint density at radius 3 is 2.14 bits per heavy atom. The summed E-state index contributed by atoms with van der Waals surface area (Å²) < 4.78 is 5.49. The molecule has 0 aliphatic heterocycles. The molecule has 1 aliphatic rings. The number of hydrogen-bond donors (Lipinski definition) is 1. The Morgan fingerprint density at radius 2 is 1.67 bits per heavy atom. The lowest BCUT2D eigenvalue weighted by molar-refractivity contribution is -0.0268. The van der Waals surface area contributed by atoms with E-state index in [4.69, 9.17) is 4.74 Å². The number of rotatable bonds is 7. The van der Waals surface area contributed by atoms with E-state index < -0.39 is 6.10 Å². The zero-order valence-electron chi connectivity index (χ0n) is 13.6. The minimum absolute atomic E-state index is 0.0867. The van der Waals surface area contributed by atoms with Crippen molar-refractivity contribution in [3.05, 3.63) is 29.8 Å². The number of likely N-dealkylation sites (N-methyl/N-ethyl adjacent to an activating group) is 1. The van der Waals surface area contributed by atoms with Gasteiger partial charge in [-0.25, -0.2) is 0 Å². The summed E-state index contributed by atoms with van der Waals surface area (Å²) in [6, 6.07) is 7.96. The van der Waals surface area contributed by atoms with E-state index in [9.17, 15) is 5.11 Å². The van der Waals surface area contributed by atoms with Crippen molar-refractivity contribution in [2.45, 2.75) is 58.1 Å². The van der Waals surface area contributed by atoms with Crippen molar-refractivity contribution in [1.82, 2.24) is 4.90 Å². The molecule has 3 nitrogen and oxygen atoms in total. The maximum absolute atomic E-state index is 11.0. The van der Waals surface area contributed by atoms with Crippen LogP contribution in [0.3, 0.4) is 0 Å². The SMILES string of the molecule is CCOc1ccc(C(O)C2(N(CC)CC)CCCC2)cc1. The minimum atomic E-state index is -0.421. The predicted octanol–water partition coefficient (Wildman–Crippen LogP) is 3.77. The van der Waals surface area contributed by atoms with Crippen molar-refractivity contribution in [1.29, 1.82) is 0 Å². The quantitative estimate of drug-likeness (QED) is 0.830. The van der Waals surface area contributed by atoms with E-state index in [1.165, 1.54) is 12.8 Å². The normalized spacial score (nSPS) is 18.9. The zero-order valence-corrected chi connectivity index (χ0v) is 13.6. The van der Waals surface area contributed by atoms with Gasteiger partial charge in [-0.2, -0.15) is 0 Å². The van der Waals surface area contributed by atoms with Gasteiger partial charge in [0.1, 0.15) is 5.75 Å². The third kappa shape index (κ3) is 3.24. The van der Waals surface area contributed by atoms with Gasteiger partial charge in [0.25, 0.3) is 0 Å². The molecule has 1 atom stereocenters. The molecule has 0 spiro atoms. The van der Waals surface area contributed by atoms with Crippen LogP contribution in [0, 0.1) is 0 Å². The molecule has 1 N–H and O–H groups in total. The average molecular weight is 291 g/mol. The molecule has 1 aromatic rings. The molecule has 1 aliphatic carbocycles.